The molecule has 2 unspecified atom stereocenters. The molecule has 2 fully saturated rings. The topological polar surface area (TPSA) is 92.2 Å². The van der Waals surface area contributed by atoms with Crippen molar-refractivity contribution in [1.29, 1.82) is 0 Å². The number of aromatic nitrogens is 3. The zero-order chi connectivity index (χ0) is 28.9. The van der Waals surface area contributed by atoms with Crippen molar-refractivity contribution in [3.05, 3.63) is 46.1 Å². The average molecular weight is 557 g/mol. The van der Waals surface area contributed by atoms with Gasteiger partial charge in [0.2, 0.25) is 11.9 Å². The third kappa shape index (κ3) is 5.31. The molecule has 2 aliphatic rings. The van der Waals surface area contributed by atoms with Gasteiger partial charge in [0, 0.05) is 41.2 Å². The van der Waals surface area contributed by atoms with E-state index in [0.29, 0.717) is 29.4 Å². The Kier molecular flexibility index (Phi) is 7.60. The van der Waals surface area contributed by atoms with Gasteiger partial charge in [-0.2, -0.15) is 4.98 Å². The fraction of sp³-hybridized carbons (Fsp3) is 0.517. The van der Waals surface area contributed by atoms with E-state index in [0.717, 1.165) is 31.7 Å². The molecule has 2 heterocycles. The molecular formula is C29H35F3N6O2. The Bertz CT molecular complexity index is 1510. The van der Waals surface area contributed by atoms with Gasteiger partial charge in [0.05, 0.1) is 5.56 Å². The smallest absolute Gasteiger partial charge is 0.260 e. The van der Waals surface area contributed by atoms with Crippen molar-refractivity contribution < 1.29 is 18.0 Å². The first-order valence-electron chi connectivity index (χ1n) is 13.8. The molecule has 214 valence electrons. The van der Waals surface area contributed by atoms with E-state index in [9.17, 15) is 9.59 Å². The summed E-state index contributed by atoms with van der Waals surface area (Å²) in [5.41, 5.74) is -1.91. The van der Waals surface area contributed by atoms with Crippen LogP contribution in [-0.4, -0.2) is 51.5 Å². The van der Waals surface area contributed by atoms with E-state index in [1.54, 1.807) is 13.8 Å². The van der Waals surface area contributed by atoms with Crippen LogP contribution in [0.15, 0.2) is 23.1 Å². The van der Waals surface area contributed by atoms with Crippen molar-refractivity contribution in [2.45, 2.75) is 71.0 Å². The fourth-order valence-electron chi connectivity index (χ4n) is 5.59. The number of anilines is 2. The molecule has 0 aliphatic heterocycles. The van der Waals surface area contributed by atoms with Crippen molar-refractivity contribution in [3.8, 4) is 11.1 Å². The number of hydrogen-bond acceptors (Lipinski definition) is 6. The van der Waals surface area contributed by atoms with E-state index < -0.39 is 40.2 Å². The summed E-state index contributed by atoms with van der Waals surface area (Å²) in [5.74, 6) is -4.54. The largest absolute Gasteiger partial charge is 0.351 e. The molecule has 2 aromatic heterocycles. The molecule has 0 bridgehead atoms. The molecule has 1 amide bonds. The Balaban J connectivity index is 1.49. The molecule has 0 radical (unpaired) electrons. The number of nitrogens with zero attached hydrogens (tertiary/aromatic N) is 4. The first kappa shape index (κ1) is 28.1. The molecular weight excluding hydrogens is 521 g/mol. The highest BCUT2D eigenvalue weighted by Gasteiger charge is 2.40. The fourth-order valence-corrected chi connectivity index (χ4v) is 5.59. The third-order valence-corrected chi connectivity index (χ3v) is 8.19. The van der Waals surface area contributed by atoms with Gasteiger partial charge in [-0.15, -0.1) is 0 Å². The van der Waals surface area contributed by atoms with Crippen molar-refractivity contribution in [2.75, 3.05) is 24.7 Å². The van der Waals surface area contributed by atoms with Gasteiger partial charge in [-0.25, -0.2) is 18.2 Å². The van der Waals surface area contributed by atoms with E-state index in [1.807, 2.05) is 6.92 Å². The number of halogens is 3. The maximum absolute atomic E-state index is 15.3. The van der Waals surface area contributed by atoms with Crippen LogP contribution < -0.4 is 16.2 Å². The lowest BCUT2D eigenvalue weighted by atomic mass is 9.91. The number of pyridine rings is 1. The van der Waals surface area contributed by atoms with Crippen molar-refractivity contribution >= 4 is 28.6 Å². The number of carbonyl (C=O) groups is 1. The molecule has 11 heteroatoms. The van der Waals surface area contributed by atoms with E-state index in [4.69, 9.17) is 0 Å². The van der Waals surface area contributed by atoms with E-state index in [1.165, 1.54) is 16.8 Å². The summed E-state index contributed by atoms with van der Waals surface area (Å²) in [6.07, 6.45) is 6.17. The lowest BCUT2D eigenvalue weighted by Crippen LogP contribution is -2.36. The molecule has 40 heavy (non-hydrogen) atoms. The maximum Gasteiger partial charge on any atom is 0.260 e. The van der Waals surface area contributed by atoms with Crippen LogP contribution in [0, 0.1) is 29.3 Å². The molecule has 3 aromatic rings. The summed E-state index contributed by atoms with van der Waals surface area (Å²) >= 11 is 0. The summed E-state index contributed by atoms with van der Waals surface area (Å²) in [7, 11) is 4.17. The molecule has 1 aromatic carbocycles. The van der Waals surface area contributed by atoms with Gasteiger partial charge in [-0.1, -0.05) is 6.92 Å². The summed E-state index contributed by atoms with van der Waals surface area (Å²) in [6.45, 7) is 5.40. The van der Waals surface area contributed by atoms with E-state index >= 15 is 13.2 Å². The second-order valence-corrected chi connectivity index (χ2v) is 11.6. The zero-order valence-electron chi connectivity index (χ0n) is 23.4. The summed E-state index contributed by atoms with van der Waals surface area (Å²) in [5, 5.41) is 5.97. The van der Waals surface area contributed by atoms with Crippen LogP contribution in [0.5, 0.6) is 0 Å². The van der Waals surface area contributed by atoms with Crippen LogP contribution in [0.2, 0.25) is 0 Å². The normalized spacial score (nSPS) is 22.6. The predicted molar refractivity (Wildman–Crippen MR) is 149 cm³/mol. The number of carbonyl (C=O) groups excluding carboxylic acids is 1. The van der Waals surface area contributed by atoms with Crippen molar-refractivity contribution in [3.63, 3.8) is 0 Å². The molecule has 0 spiro atoms. The standard InChI is InChI=1S/C29H35F3N6O2/c1-14(2)38-26-16(13-33-29(36-26)34-17-6-8-18(9-7-17)37(4)5)11-21(28(38)40)20-12-22(30)25(24(32)23(20)31)35-27(39)19-10-15(19)3/h11-15,17-19H,6-10H2,1-5H3,(H,35,39)(H,33,34,36). The number of benzene rings is 1. The lowest BCUT2D eigenvalue weighted by molar-refractivity contribution is -0.117. The van der Waals surface area contributed by atoms with E-state index in [2.05, 4.69) is 39.6 Å². The summed E-state index contributed by atoms with van der Waals surface area (Å²) in [6, 6.07) is 2.46. The Morgan fingerprint density at radius 2 is 1.75 bits per heavy atom. The van der Waals surface area contributed by atoms with Gasteiger partial charge in [0.1, 0.15) is 11.3 Å². The van der Waals surface area contributed by atoms with Gasteiger partial charge in [0.25, 0.3) is 5.56 Å². The lowest BCUT2D eigenvalue weighted by Gasteiger charge is -2.33. The molecule has 5 rings (SSSR count). The van der Waals surface area contributed by atoms with Crippen molar-refractivity contribution in [2.24, 2.45) is 11.8 Å². The van der Waals surface area contributed by atoms with Gasteiger partial charge in [-0.3, -0.25) is 14.2 Å². The summed E-state index contributed by atoms with van der Waals surface area (Å²) < 4.78 is 46.7. The third-order valence-electron chi connectivity index (χ3n) is 8.19. The molecule has 2 aliphatic carbocycles. The quantitative estimate of drug-likeness (QED) is 0.382. The average Bonchev–Trinajstić information content (AvgIpc) is 3.65. The van der Waals surface area contributed by atoms with E-state index in [-0.39, 0.29) is 29.5 Å². The van der Waals surface area contributed by atoms with Crippen LogP contribution in [0.4, 0.5) is 24.8 Å². The Morgan fingerprint density at radius 1 is 1.07 bits per heavy atom. The first-order valence-corrected chi connectivity index (χ1v) is 13.8. The zero-order valence-corrected chi connectivity index (χ0v) is 23.4. The molecule has 0 saturated heterocycles. The van der Waals surface area contributed by atoms with Crippen LogP contribution in [0.25, 0.3) is 22.2 Å². The van der Waals surface area contributed by atoms with Crippen LogP contribution in [-0.2, 0) is 4.79 Å². The highest BCUT2D eigenvalue weighted by atomic mass is 19.2. The molecule has 8 nitrogen and oxygen atoms in total. The minimum absolute atomic E-state index is 0.110. The SMILES string of the molecule is CC1CC1C(=O)Nc1c(F)cc(-c2cc3cnc(NC4CCC(N(C)C)CC4)nc3n(C(C)C)c2=O)c(F)c1F. The Morgan fingerprint density at radius 3 is 2.35 bits per heavy atom. The van der Waals surface area contributed by atoms with Crippen LogP contribution in [0.3, 0.4) is 0 Å². The number of amides is 1. The number of rotatable bonds is 7. The number of nitrogens with one attached hydrogen (secondary N) is 2. The highest BCUT2D eigenvalue weighted by molar-refractivity contribution is 5.95. The van der Waals surface area contributed by atoms with Crippen molar-refractivity contribution in [1.82, 2.24) is 19.4 Å². The van der Waals surface area contributed by atoms with Gasteiger partial charge >= 0.3 is 0 Å². The monoisotopic (exact) mass is 556 g/mol. The van der Waals surface area contributed by atoms with Gasteiger partial charge in [-0.05, 0) is 78.1 Å². The Labute approximate surface area is 231 Å². The second-order valence-electron chi connectivity index (χ2n) is 11.6. The first-order chi connectivity index (χ1) is 19.0. The van der Waals surface area contributed by atoms with Crippen LogP contribution in [0.1, 0.15) is 58.9 Å². The number of fused-ring (bicyclic) bond motifs is 1. The summed E-state index contributed by atoms with van der Waals surface area (Å²) in [4.78, 5) is 37.1. The highest BCUT2D eigenvalue weighted by Crippen LogP contribution is 2.39. The minimum atomic E-state index is -1.55. The molecule has 2 saturated carbocycles. The second kappa shape index (κ2) is 10.8. The van der Waals surface area contributed by atoms with Gasteiger partial charge in [0.15, 0.2) is 17.5 Å². The molecule has 2 atom stereocenters. The molecule has 2 N–H and O–H groups in total. The van der Waals surface area contributed by atoms with Gasteiger partial charge < -0.3 is 15.5 Å². The number of hydrogen-bond donors (Lipinski definition) is 2. The Hall–Kier alpha value is -3.47. The maximum atomic E-state index is 15.3. The predicted octanol–water partition coefficient (Wildman–Crippen LogP) is 5.34. The minimum Gasteiger partial charge on any atom is -0.351 e. The van der Waals surface area contributed by atoms with Crippen LogP contribution >= 0.6 is 0 Å².